The van der Waals surface area contributed by atoms with Gasteiger partial charge in [-0.3, -0.25) is 0 Å². The lowest BCUT2D eigenvalue weighted by Crippen LogP contribution is -1.98. The maximum Gasteiger partial charge on any atom is 0.160 e. The lowest BCUT2D eigenvalue weighted by molar-refractivity contribution is 1.22. The lowest BCUT2D eigenvalue weighted by Gasteiger charge is -2.13. The van der Waals surface area contributed by atoms with Gasteiger partial charge in [0.15, 0.2) is 5.82 Å². The smallest absolute Gasteiger partial charge is 0.160 e. The molecule has 0 N–H and O–H groups in total. The number of hydrogen-bond acceptors (Lipinski definition) is 2. The Kier molecular flexibility index (Phi) is 5.61. The Balaban J connectivity index is 2.11. The van der Waals surface area contributed by atoms with Crippen LogP contribution in [0, 0.1) is 0 Å². The van der Waals surface area contributed by atoms with Gasteiger partial charge in [-0.1, -0.05) is 88.7 Å². The van der Waals surface area contributed by atoms with E-state index in [1.165, 1.54) is 0 Å². The molecule has 0 bridgehead atoms. The highest BCUT2D eigenvalue weighted by Gasteiger charge is 2.15. The van der Waals surface area contributed by atoms with Crippen LogP contribution in [0.5, 0.6) is 0 Å². The summed E-state index contributed by atoms with van der Waals surface area (Å²) in [5, 5.41) is 1.62. The van der Waals surface area contributed by atoms with E-state index >= 15 is 0 Å². The first-order valence-corrected chi connectivity index (χ1v) is 10.4. The van der Waals surface area contributed by atoms with E-state index in [-0.39, 0.29) is 0 Å². The largest absolute Gasteiger partial charge is 0.227 e. The summed E-state index contributed by atoms with van der Waals surface area (Å²) in [7, 11) is 0. The molecule has 1 aromatic heterocycles. The molecule has 0 unspecified atom stereocenters. The molecule has 0 saturated heterocycles. The van der Waals surface area contributed by atoms with Crippen molar-refractivity contribution in [1.82, 2.24) is 9.97 Å². The second-order valence-corrected chi connectivity index (χ2v) is 7.94. The van der Waals surface area contributed by atoms with Gasteiger partial charge in [-0.2, -0.15) is 0 Å². The topological polar surface area (TPSA) is 25.8 Å². The fraction of sp³-hybridized carbons (Fsp3) is 0.0400. The minimum absolute atomic E-state index is 0.625. The summed E-state index contributed by atoms with van der Waals surface area (Å²) in [6, 6.07) is 20.0. The molecule has 4 aromatic rings. The third-order valence-electron chi connectivity index (χ3n) is 4.66. The number of allylic oxidation sites excluding steroid dienone is 1. The number of rotatable bonds is 4. The average molecular weight is 462 g/mol. The van der Waals surface area contributed by atoms with Crippen LogP contribution in [-0.2, 0) is 0 Å². The van der Waals surface area contributed by atoms with E-state index in [2.05, 4.69) is 52.9 Å². The number of hydrogen-bond donors (Lipinski definition) is 0. The fourth-order valence-corrected chi connectivity index (χ4v) is 4.26. The molecule has 0 amide bonds. The second kappa shape index (κ2) is 8.32. The van der Waals surface area contributed by atoms with Gasteiger partial charge in [0, 0.05) is 31.6 Å². The Morgan fingerprint density at radius 3 is 2.45 bits per heavy atom. The average Bonchev–Trinajstić information content (AvgIpc) is 2.73. The Labute approximate surface area is 183 Å². The van der Waals surface area contributed by atoms with Crippen molar-refractivity contribution in [3.05, 3.63) is 93.9 Å². The molecule has 0 aliphatic carbocycles. The van der Waals surface area contributed by atoms with Crippen molar-refractivity contribution < 1.29 is 0 Å². The first-order valence-electron chi connectivity index (χ1n) is 9.22. The summed E-state index contributed by atoms with van der Waals surface area (Å²) in [5.41, 5.74) is 5.71. The summed E-state index contributed by atoms with van der Waals surface area (Å²) in [6.07, 6.45) is 5.94. The Morgan fingerprint density at radius 2 is 1.76 bits per heavy atom. The predicted molar refractivity (Wildman–Crippen MR) is 128 cm³/mol. The molecule has 0 spiro atoms. The van der Waals surface area contributed by atoms with Crippen LogP contribution in [0.1, 0.15) is 18.1 Å². The van der Waals surface area contributed by atoms with Crippen molar-refractivity contribution in [2.75, 3.05) is 0 Å². The normalized spacial score (nSPS) is 11.3. The van der Waals surface area contributed by atoms with E-state index < -0.39 is 0 Å². The van der Waals surface area contributed by atoms with Gasteiger partial charge >= 0.3 is 0 Å². The minimum Gasteiger partial charge on any atom is -0.227 e. The molecular weight excluding hydrogens is 444 g/mol. The van der Waals surface area contributed by atoms with Crippen LogP contribution >= 0.6 is 27.5 Å². The van der Waals surface area contributed by atoms with Crippen molar-refractivity contribution in [1.29, 1.82) is 0 Å². The highest BCUT2D eigenvalue weighted by Crippen LogP contribution is 2.34. The summed E-state index contributed by atoms with van der Waals surface area (Å²) < 4.78 is 0.886. The third-order valence-corrected chi connectivity index (χ3v) is 5.34. The summed E-state index contributed by atoms with van der Waals surface area (Å²) in [6.45, 7) is 6.04. The van der Waals surface area contributed by atoms with Gasteiger partial charge in [0.05, 0.1) is 11.2 Å². The van der Waals surface area contributed by atoms with Gasteiger partial charge in [-0.15, -0.1) is 0 Å². The van der Waals surface area contributed by atoms with E-state index in [0.717, 1.165) is 43.3 Å². The van der Waals surface area contributed by atoms with Gasteiger partial charge in [0.1, 0.15) is 0 Å². The molecule has 0 radical (unpaired) electrons. The Morgan fingerprint density at radius 1 is 0.966 bits per heavy atom. The third kappa shape index (κ3) is 3.89. The van der Waals surface area contributed by atoms with Gasteiger partial charge < -0.3 is 0 Å². The highest BCUT2D eigenvalue weighted by molar-refractivity contribution is 9.10. The van der Waals surface area contributed by atoms with Crippen LogP contribution in [0.4, 0.5) is 0 Å². The number of nitrogens with zero attached hydrogens (tertiary/aromatic N) is 2. The summed E-state index contributed by atoms with van der Waals surface area (Å²) >= 11 is 9.81. The zero-order valence-electron chi connectivity index (χ0n) is 15.9. The predicted octanol–water partition coefficient (Wildman–Crippen LogP) is 8.06. The van der Waals surface area contributed by atoms with E-state index in [4.69, 9.17) is 21.6 Å². The van der Waals surface area contributed by atoms with Crippen LogP contribution in [0.3, 0.4) is 0 Å². The molecule has 4 rings (SSSR count). The summed E-state index contributed by atoms with van der Waals surface area (Å²) in [5.74, 6) is 0.625. The number of halogens is 2. The molecule has 29 heavy (non-hydrogen) atoms. The standard InChI is InChI=1S/C25H18BrClN2/c1-3-8-16-11-12-22-23(17-9-6-5-7-10-17)28-25(29-24(22)21(16)4-2)18-13-19(26)15-20(27)14-18/h3-15H,2H2,1H3/b8-3-. The fourth-order valence-electron chi connectivity index (χ4n) is 3.40. The van der Waals surface area contributed by atoms with Crippen molar-refractivity contribution in [2.24, 2.45) is 0 Å². The number of benzene rings is 3. The Hall–Kier alpha value is -2.75. The van der Waals surface area contributed by atoms with Gasteiger partial charge in [-0.05, 0) is 36.8 Å². The van der Waals surface area contributed by atoms with E-state index in [0.29, 0.717) is 10.8 Å². The monoisotopic (exact) mass is 460 g/mol. The van der Waals surface area contributed by atoms with Crippen LogP contribution < -0.4 is 0 Å². The second-order valence-electron chi connectivity index (χ2n) is 6.59. The molecule has 3 aromatic carbocycles. The zero-order chi connectivity index (χ0) is 20.4. The van der Waals surface area contributed by atoms with Crippen LogP contribution in [-0.4, -0.2) is 9.97 Å². The molecule has 0 aliphatic heterocycles. The maximum absolute atomic E-state index is 6.29. The summed E-state index contributed by atoms with van der Waals surface area (Å²) in [4.78, 5) is 9.86. The van der Waals surface area contributed by atoms with Crippen molar-refractivity contribution in [3.63, 3.8) is 0 Å². The molecule has 0 fully saturated rings. The van der Waals surface area contributed by atoms with Gasteiger partial charge in [0.25, 0.3) is 0 Å². The molecular formula is C25H18BrClN2. The van der Waals surface area contributed by atoms with Gasteiger partial charge in [0.2, 0.25) is 0 Å². The van der Waals surface area contributed by atoms with Gasteiger partial charge in [-0.25, -0.2) is 9.97 Å². The first-order chi connectivity index (χ1) is 14.1. The van der Waals surface area contributed by atoms with E-state index in [1.54, 1.807) is 0 Å². The highest BCUT2D eigenvalue weighted by atomic mass is 79.9. The molecule has 0 saturated carbocycles. The lowest BCUT2D eigenvalue weighted by atomic mass is 9.98. The van der Waals surface area contributed by atoms with Crippen LogP contribution in [0.25, 0.3) is 45.7 Å². The number of fused-ring (bicyclic) bond motifs is 1. The van der Waals surface area contributed by atoms with E-state index in [1.807, 2.05) is 55.5 Å². The maximum atomic E-state index is 6.29. The van der Waals surface area contributed by atoms with Crippen LogP contribution in [0.15, 0.2) is 77.8 Å². The van der Waals surface area contributed by atoms with Crippen LogP contribution in [0.2, 0.25) is 5.02 Å². The number of aromatic nitrogens is 2. The quantitative estimate of drug-likeness (QED) is 0.307. The first kappa shape index (κ1) is 19.6. The molecule has 4 heteroatoms. The molecule has 142 valence electrons. The molecule has 0 atom stereocenters. The molecule has 0 aliphatic rings. The SMILES string of the molecule is C=Cc1c(/C=C\C)ccc2c(-c3ccccc3)nc(-c3cc(Cl)cc(Br)c3)nc12. The minimum atomic E-state index is 0.625. The van der Waals surface area contributed by atoms with Crippen molar-refractivity contribution in [3.8, 4) is 22.6 Å². The van der Waals surface area contributed by atoms with Crippen molar-refractivity contribution >= 4 is 50.6 Å². The van der Waals surface area contributed by atoms with Crippen molar-refractivity contribution in [2.45, 2.75) is 6.92 Å². The molecule has 2 nitrogen and oxygen atoms in total. The Bertz CT molecular complexity index is 1230. The zero-order valence-corrected chi connectivity index (χ0v) is 18.2. The van der Waals surface area contributed by atoms with E-state index in [9.17, 15) is 0 Å². The molecule has 1 heterocycles.